The van der Waals surface area contributed by atoms with E-state index in [4.69, 9.17) is 4.74 Å². The lowest BCUT2D eigenvalue weighted by molar-refractivity contribution is -0.113. The molecule has 0 bridgehead atoms. The summed E-state index contributed by atoms with van der Waals surface area (Å²) in [6, 6.07) is 11.5. The Kier molecular flexibility index (Phi) is 6.43. The Labute approximate surface area is 203 Å². The van der Waals surface area contributed by atoms with Gasteiger partial charge in [0.05, 0.1) is 18.4 Å². The van der Waals surface area contributed by atoms with Crippen molar-refractivity contribution in [2.75, 3.05) is 18.2 Å². The van der Waals surface area contributed by atoms with E-state index < -0.39 is 5.97 Å². The lowest BCUT2D eigenvalue weighted by Gasteiger charge is -2.11. The summed E-state index contributed by atoms with van der Waals surface area (Å²) in [5, 5.41) is 5.35. The molecule has 0 saturated carbocycles. The molecule has 0 unspecified atom stereocenters. The second-order valence-corrected chi connectivity index (χ2v) is 10.7. The molecule has 0 spiro atoms. The number of hydrogen-bond acceptors (Lipinski definition) is 8. The molecule has 1 amide bonds. The van der Waals surface area contributed by atoms with Crippen molar-refractivity contribution in [2.45, 2.75) is 30.7 Å². The third kappa shape index (κ3) is 4.53. The first-order chi connectivity index (χ1) is 16.1. The molecule has 1 aliphatic rings. The van der Waals surface area contributed by atoms with Gasteiger partial charge in [0, 0.05) is 15.1 Å². The number of amides is 1. The minimum atomic E-state index is -0.473. The molecular weight excluding hydrogens is 474 g/mol. The largest absolute Gasteiger partial charge is 0.465 e. The van der Waals surface area contributed by atoms with Gasteiger partial charge in [-0.15, -0.1) is 22.7 Å². The summed E-state index contributed by atoms with van der Waals surface area (Å²) in [6.07, 6.45) is 6.11. The van der Waals surface area contributed by atoms with Crippen LogP contribution in [0.25, 0.3) is 20.7 Å². The van der Waals surface area contributed by atoms with Crippen molar-refractivity contribution in [1.82, 2.24) is 9.97 Å². The standard InChI is InChI=1S/C24H21N3O3S3/c1-30-24(29)16-11-18(14-7-3-2-4-8-14)33-21(16)27-19(28)12-31-22-20-15-9-5-6-10-17(15)32-23(20)26-13-25-22/h2-4,7-8,11,13H,5-6,9-10,12H2,1H3,(H,27,28). The SMILES string of the molecule is COC(=O)c1cc(-c2ccccc2)sc1NC(=O)CSc1ncnc2sc3c(c12)CCCC3. The number of aromatic nitrogens is 2. The van der Waals surface area contributed by atoms with Crippen LogP contribution in [0.4, 0.5) is 5.00 Å². The normalized spacial score (nSPS) is 13.0. The van der Waals surface area contributed by atoms with E-state index in [0.717, 1.165) is 38.5 Å². The summed E-state index contributed by atoms with van der Waals surface area (Å²) in [4.78, 5) is 37.4. The van der Waals surface area contributed by atoms with E-state index >= 15 is 0 Å². The number of ether oxygens (including phenoxy) is 1. The molecule has 1 aliphatic carbocycles. The van der Waals surface area contributed by atoms with E-state index in [1.54, 1.807) is 23.7 Å². The lowest BCUT2D eigenvalue weighted by Crippen LogP contribution is -2.15. The number of anilines is 1. The van der Waals surface area contributed by atoms with Gasteiger partial charge in [0.2, 0.25) is 5.91 Å². The van der Waals surface area contributed by atoms with E-state index in [2.05, 4.69) is 15.3 Å². The van der Waals surface area contributed by atoms with Gasteiger partial charge in [-0.25, -0.2) is 14.8 Å². The Morgan fingerprint density at radius 1 is 1.12 bits per heavy atom. The summed E-state index contributed by atoms with van der Waals surface area (Å²) in [5.41, 5.74) is 2.69. The monoisotopic (exact) mass is 495 g/mol. The van der Waals surface area contributed by atoms with Gasteiger partial charge in [-0.3, -0.25) is 4.79 Å². The maximum Gasteiger partial charge on any atom is 0.340 e. The van der Waals surface area contributed by atoms with Crippen molar-refractivity contribution in [3.63, 3.8) is 0 Å². The lowest BCUT2D eigenvalue weighted by atomic mass is 9.97. The number of methoxy groups -OCH3 is 1. The molecule has 5 rings (SSSR count). The van der Waals surface area contributed by atoms with Gasteiger partial charge in [0.15, 0.2) is 0 Å². The molecular formula is C24H21N3O3S3. The van der Waals surface area contributed by atoms with Crippen LogP contribution in [0.5, 0.6) is 0 Å². The molecule has 9 heteroatoms. The Balaban J connectivity index is 1.35. The fourth-order valence-corrected chi connectivity index (χ4v) is 7.14. The number of nitrogens with zero attached hydrogens (tertiary/aromatic N) is 2. The smallest absolute Gasteiger partial charge is 0.340 e. The minimum Gasteiger partial charge on any atom is -0.465 e. The average molecular weight is 496 g/mol. The molecule has 1 aromatic carbocycles. The van der Waals surface area contributed by atoms with Gasteiger partial charge < -0.3 is 10.1 Å². The summed E-state index contributed by atoms with van der Waals surface area (Å²) in [6.45, 7) is 0. The Bertz CT molecular complexity index is 1330. The van der Waals surface area contributed by atoms with Crippen LogP contribution >= 0.6 is 34.4 Å². The van der Waals surface area contributed by atoms with Crippen LogP contribution in [-0.2, 0) is 22.4 Å². The summed E-state index contributed by atoms with van der Waals surface area (Å²) in [7, 11) is 1.34. The molecule has 6 nitrogen and oxygen atoms in total. The maximum atomic E-state index is 12.8. The fourth-order valence-electron chi connectivity index (χ4n) is 3.96. The zero-order chi connectivity index (χ0) is 22.8. The highest BCUT2D eigenvalue weighted by Crippen LogP contribution is 2.40. The second kappa shape index (κ2) is 9.62. The first kappa shape index (κ1) is 22.1. The van der Waals surface area contributed by atoms with Crippen LogP contribution in [-0.4, -0.2) is 34.7 Å². The Morgan fingerprint density at radius 2 is 1.94 bits per heavy atom. The highest BCUT2D eigenvalue weighted by Gasteiger charge is 2.22. The third-order valence-corrected chi connectivity index (χ3v) is 8.79. The van der Waals surface area contributed by atoms with E-state index in [9.17, 15) is 9.59 Å². The Hall–Kier alpha value is -2.75. The number of fused-ring (bicyclic) bond motifs is 3. The number of thiophene rings is 2. The summed E-state index contributed by atoms with van der Waals surface area (Å²) in [5.74, 6) is -0.475. The van der Waals surface area contributed by atoms with Crippen molar-refractivity contribution in [3.05, 3.63) is 58.7 Å². The zero-order valence-corrected chi connectivity index (χ0v) is 20.4. The van der Waals surface area contributed by atoms with Crippen molar-refractivity contribution in [2.24, 2.45) is 0 Å². The third-order valence-electron chi connectivity index (χ3n) is 5.51. The highest BCUT2D eigenvalue weighted by atomic mass is 32.2. The van der Waals surface area contributed by atoms with Gasteiger partial charge >= 0.3 is 5.97 Å². The first-order valence-corrected chi connectivity index (χ1v) is 13.2. The number of carbonyl (C=O) groups is 2. The van der Waals surface area contributed by atoms with Gasteiger partial charge in [-0.2, -0.15) is 0 Å². The van der Waals surface area contributed by atoms with Gasteiger partial charge in [-0.05, 0) is 42.9 Å². The van der Waals surface area contributed by atoms with Gasteiger partial charge in [-0.1, -0.05) is 42.1 Å². The molecule has 1 N–H and O–H groups in total. The van der Waals surface area contributed by atoms with Crippen LogP contribution in [0.3, 0.4) is 0 Å². The van der Waals surface area contributed by atoms with E-state index in [1.807, 2.05) is 30.3 Å². The van der Waals surface area contributed by atoms with Crippen molar-refractivity contribution in [3.8, 4) is 10.4 Å². The number of thioether (sulfide) groups is 1. The number of esters is 1. The molecule has 0 saturated heterocycles. The molecule has 168 valence electrons. The van der Waals surface area contributed by atoms with Crippen LogP contribution in [0.1, 0.15) is 33.6 Å². The van der Waals surface area contributed by atoms with E-state index in [-0.39, 0.29) is 11.7 Å². The second-order valence-electron chi connectivity index (χ2n) is 7.62. The number of hydrogen-bond donors (Lipinski definition) is 1. The first-order valence-electron chi connectivity index (χ1n) is 10.6. The number of aryl methyl sites for hydroxylation is 2. The molecule has 0 aliphatic heterocycles. The topological polar surface area (TPSA) is 81.2 Å². The molecule has 4 aromatic rings. The molecule has 0 fully saturated rings. The average Bonchev–Trinajstić information content (AvgIpc) is 3.44. The molecule has 0 radical (unpaired) electrons. The van der Waals surface area contributed by atoms with Crippen LogP contribution in [0.2, 0.25) is 0 Å². The quantitative estimate of drug-likeness (QED) is 0.206. The predicted molar refractivity (Wildman–Crippen MR) is 135 cm³/mol. The van der Waals surface area contributed by atoms with E-state index in [0.29, 0.717) is 10.6 Å². The van der Waals surface area contributed by atoms with Crippen LogP contribution in [0.15, 0.2) is 47.8 Å². The number of benzene rings is 1. The van der Waals surface area contributed by atoms with Gasteiger partial charge in [0.1, 0.15) is 21.2 Å². The number of carbonyl (C=O) groups excluding carboxylic acids is 2. The zero-order valence-electron chi connectivity index (χ0n) is 17.9. The summed E-state index contributed by atoms with van der Waals surface area (Å²) < 4.78 is 4.92. The van der Waals surface area contributed by atoms with Gasteiger partial charge in [0.25, 0.3) is 0 Å². The van der Waals surface area contributed by atoms with E-state index in [1.165, 1.54) is 53.5 Å². The number of rotatable bonds is 6. The molecule has 0 atom stereocenters. The van der Waals surface area contributed by atoms with Crippen molar-refractivity contribution < 1.29 is 14.3 Å². The minimum absolute atomic E-state index is 0.190. The van der Waals surface area contributed by atoms with Crippen molar-refractivity contribution >= 4 is 61.5 Å². The molecule has 3 aromatic heterocycles. The van der Waals surface area contributed by atoms with Crippen molar-refractivity contribution in [1.29, 1.82) is 0 Å². The predicted octanol–water partition coefficient (Wildman–Crippen LogP) is 5.82. The number of nitrogens with one attached hydrogen (secondary N) is 1. The highest BCUT2D eigenvalue weighted by molar-refractivity contribution is 8.00. The fraction of sp³-hybridized carbons (Fsp3) is 0.250. The molecule has 33 heavy (non-hydrogen) atoms. The Morgan fingerprint density at radius 3 is 2.76 bits per heavy atom. The summed E-state index contributed by atoms with van der Waals surface area (Å²) >= 11 is 4.52. The maximum absolute atomic E-state index is 12.8. The molecule has 3 heterocycles. The van der Waals surface area contributed by atoms with Crippen LogP contribution in [0, 0.1) is 0 Å². The van der Waals surface area contributed by atoms with Crippen LogP contribution < -0.4 is 5.32 Å².